The molecule has 2 heterocycles. The van der Waals surface area contributed by atoms with E-state index in [0.717, 1.165) is 22.7 Å². The summed E-state index contributed by atoms with van der Waals surface area (Å²) in [6.07, 6.45) is 0. The van der Waals surface area contributed by atoms with E-state index in [1.807, 2.05) is 19.9 Å². The number of aromatic amines is 1. The average molecular weight is 277 g/mol. The van der Waals surface area contributed by atoms with Crippen LogP contribution < -0.4 is 5.32 Å². The molecule has 6 heteroatoms. The first-order valence-electron chi connectivity index (χ1n) is 6.45. The van der Waals surface area contributed by atoms with Gasteiger partial charge < -0.3 is 19.6 Å². The Morgan fingerprint density at radius 1 is 1.50 bits per heavy atom. The number of aromatic nitrogens is 2. The van der Waals surface area contributed by atoms with E-state index in [1.165, 1.54) is 7.11 Å². The molecule has 2 rings (SSSR count). The van der Waals surface area contributed by atoms with Crippen LogP contribution in [0.4, 0.5) is 0 Å². The van der Waals surface area contributed by atoms with Crippen LogP contribution in [-0.4, -0.2) is 23.2 Å². The fourth-order valence-electron chi connectivity index (χ4n) is 2.25. The molecule has 6 nitrogen and oxygen atoms in total. The molecular weight excluding hydrogens is 258 g/mol. The molecule has 0 fully saturated rings. The SMILES string of the molecule is COC(=O)c1ccc(CNC(C)c2c(C)noc2C)[nH]1. The lowest BCUT2D eigenvalue weighted by atomic mass is 10.1. The molecular formula is C14H19N3O3. The summed E-state index contributed by atoms with van der Waals surface area (Å²) in [5.74, 6) is 0.458. The van der Waals surface area contributed by atoms with Gasteiger partial charge in [-0.3, -0.25) is 0 Å². The number of H-pyrrole nitrogens is 1. The van der Waals surface area contributed by atoms with Gasteiger partial charge in [0.25, 0.3) is 0 Å². The molecule has 2 aromatic rings. The van der Waals surface area contributed by atoms with Crippen molar-refractivity contribution in [2.45, 2.75) is 33.4 Å². The van der Waals surface area contributed by atoms with Gasteiger partial charge in [-0.25, -0.2) is 4.79 Å². The van der Waals surface area contributed by atoms with E-state index in [2.05, 4.69) is 27.1 Å². The number of carbonyl (C=O) groups is 1. The van der Waals surface area contributed by atoms with Crippen molar-refractivity contribution in [3.8, 4) is 0 Å². The van der Waals surface area contributed by atoms with Gasteiger partial charge in [0.1, 0.15) is 11.5 Å². The van der Waals surface area contributed by atoms with Crippen LogP contribution in [0, 0.1) is 13.8 Å². The lowest BCUT2D eigenvalue weighted by Gasteiger charge is -2.12. The standard InChI is InChI=1S/C14H19N3O3/c1-8(13-9(2)17-20-10(13)3)15-7-11-5-6-12(16-11)14(18)19-4/h5-6,8,15-16H,7H2,1-4H3. The minimum absolute atomic E-state index is 0.117. The number of hydrogen-bond donors (Lipinski definition) is 2. The third-order valence-electron chi connectivity index (χ3n) is 3.27. The second-order valence-electron chi connectivity index (χ2n) is 4.73. The maximum absolute atomic E-state index is 11.3. The van der Waals surface area contributed by atoms with Gasteiger partial charge in [-0.15, -0.1) is 0 Å². The highest BCUT2D eigenvalue weighted by molar-refractivity contribution is 5.87. The van der Waals surface area contributed by atoms with E-state index in [4.69, 9.17) is 4.52 Å². The van der Waals surface area contributed by atoms with E-state index in [9.17, 15) is 4.79 Å². The van der Waals surface area contributed by atoms with Crippen LogP contribution in [-0.2, 0) is 11.3 Å². The summed E-state index contributed by atoms with van der Waals surface area (Å²) in [5, 5.41) is 7.32. The Morgan fingerprint density at radius 2 is 2.25 bits per heavy atom. The molecule has 0 saturated heterocycles. The molecule has 1 atom stereocenters. The lowest BCUT2D eigenvalue weighted by Crippen LogP contribution is -2.19. The molecule has 0 spiro atoms. The Balaban J connectivity index is 1.98. The first-order valence-corrected chi connectivity index (χ1v) is 6.45. The Hall–Kier alpha value is -2.08. The fraction of sp³-hybridized carbons (Fsp3) is 0.429. The zero-order valence-corrected chi connectivity index (χ0v) is 12.1. The number of esters is 1. The van der Waals surface area contributed by atoms with Crippen LogP contribution >= 0.6 is 0 Å². The molecule has 0 saturated carbocycles. The minimum atomic E-state index is -0.366. The van der Waals surface area contributed by atoms with Crippen molar-refractivity contribution in [2.75, 3.05) is 7.11 Å². The molecule has 0 radical (unpaired) electrons. The number of carbonyl (C=O) groups excluding carboxylic acids is 1. The average Bonchev–Trinajstić information content (AvgIpc) is 3.02. The summed E-state index contributed by atoms with van der Waals surface area (Å²) in [5.41, 5.74) is 3.34. The van der Waals surface area contributed by atoms with Crippen molar-refractivity contribution in [1.82, 2.24) is 15.5 Å². The molecule has 2 aromatic heterocycles. The highest BCUT2D eigenvalue weighted by Gasteiger charge is 2.16. The van der Waals surface area contributed by atoms with Gasteiger partial charge in [0.2, 0.25) is 0 Å². The quantitative estimate of drug-likeness (QED) is 0.819. The first kappa shape index (κ1) is 14.3. The monoisotopic (exact) mass is 277 g/mol. The van der Waals surface area contributed by atoms with Crippen LogP contribution in [0.1, 0.15) is 46.2 Å². The largest absolute Gasteiger partial charge is 0.464 e. The van der Waals surface area contributed by atoms with Crippen LogP contribution in [0.15, 0.2) is 16.7 Å². The summed E-state index contributed by atoms with van der Waals surface area (Å²) in [6.45, 7) is 6.49. The smallest absolute Gasteiger partial charge is 0.354 e. The van der Waals surface area contributed by atoms with E-state index in [0.29, 0.717) is 12.2 Å². The van der Waals surface area contributed by atoms with Gasteiger partial charge in [0.05, 0.1) is 12.8 Å². The molecule has 0 aliphatic rings. The molecule has 108 valence electrons. The van der Waals surface area contributed by atoms with Crippen LogP contribution in [0.2, 0.25) is 0 Å². The van der Waals surface area contributed by atoms with Gasteiger partial charge in [0, 0.05) is 23.8 Å². The number of ether oxygens (including phenoxy) is 1. The number of nitrogens with zero attached hydrogens (tertiary/aromatic N) is 1. The topological polar surface area (TPSA) is 80.2 Å². The highest BCUT2D eigenvalue weighted by atomic mass is 16.5. The van der Waals surface area contributed by atoms with Gasteiger partial charge in [-0.2, -0.15) is 0 Å². The number of methoxy groups -OCH3 is 1. The third kappa shape index (κ3) is 2.91. The van der Waals surface area contributed by atoms with Gasteiger partial charge in [0.15, 0.2) is 0 Å². The summed E-state index contributed by atoms with van der Waals surface area (Å²) >= 11 is 0. The van der Waals surface area contributed by atoms with E-state index < -0.39 is 0 Å². The normalized spacial score (nSPS) is 12.4. The number of hydrogen-bond acceptors (Lipinski definition) is 5. The second kappa shape index (κ2) is 5.92. The maximum atomic E-state index is 11.3. The fourth-order valence-corrected chi connectivity index (χ4v) is 2.25. The van der Waals surface area contributed by atoms with Crippen molar-refractivity contribution in [2.24, 2.45) is 0 Å². The first-order chi connectivity index (χ1) is 9.52. The maximum Gasteiger partial charge on any atom is 0.354 e. The molecule has 0 amide bonds. The highest BCUT2D eigenvalue weighted by Crippen LogP contribution is 2.21. The summed E-state index contributed by atoms with van der Waals surface area (Å²) < 4.78 is 9.81. The molecule has 0 aliphatic heterocycles. The van der Waals surface area contributed by atoms with Crippen LogP contribution in [0.25, 0.3) is 0 Å². The van der Waals surface area contributed by atoms with Crippen molar-refractivity contribution in [3.05, 3.63) is 40.5 Å². The Bertz CT molecular complexity index is 581. The van der Waals surface area contributed by atoms with Crippen molar-refractivity contribution in [1.29, 1.82) is 0 Å². The molecule has 0 aromatic carbocycles. The number of rotatable bonds is 5. The van der Waals surface area contributed by atoms with Crippen LogP contribution in [0.3, 0.4) is 0 Å². The molecule has 20 heavy (non-hydrogen) atoms. The Morgan fingerprint density at radius 3 is 2.85 bits per heavy atom. The van der Waals surface area contributed by atoms with Gasteiger partial charge >= 0.3 is 5.97 Å². The summed E-state index contributed by atoms with van der Waals surface area (Å²) in [4.78, 5) is 14.4. The van der Waals surface area contributed by atoms with E-state index in [-0.39, 0.29) is 12.0 Å². The molecule has 1 unspecified atom stereocenters. The van der Waals surface area contributed by atoms with Gasteiger partial charge in [-0.1, -0.05) is 5.16 Å². The lowest BCUT2D eigenvalue weighted by molar-refractivity contribution is 0.0594. The number of aryl methyl sites for hydroxylation is 2. The van der Waals surface area contributed by atoms with Gasteiger partial charge in [-0.05, 0) is 32.9 Å². The number of nitrogens with one attached hydrogen (secondary N) is 2. The van der Waals surface area contributed by atoms with Crippen LogP contribution in [0.5, 0.6) is 0 Å². The third-order valence-corrected chi connectivity index (χ3v) is 3.27. The Labute approximate surface area is 117 Å². The van der Waals surface area contributed by atoms with E-state index >= 15 is 0 Å². The molecule has 0 bridgehead atoms. The second-order valence-corrected chi connectivity index (χ2v) is 4.73. The molecule has 2 N–H and O–H groups in total. The van der Waals surface area contributed by atoms with Crippen molar-refractivity contribution in [3.63, 3.8) is 0 Å². The summed E-state index contributed by atoms with van der Waals surface area (Å²) in [7, 11) is 1.36. The zero-order chi connectivity index (χ0) is 14.7. The van der Waals surface area contributed by atoms with Crippen molar-refractivity contribution < 1.29 is 14.1 Å². The van der Waals surface area contributed by atoms with E-state index in [1.54, 1.807) is 6.07 Å². The Kier molecular flexibility index (Phi) is 4.24. The zero-order valence-electron chi connectivity index (χ0n) is 12.1. The molecule has 0 aliphatic carbocycles. The summed E-state index contributed by atoms with van der Waals surface area (Å²) in [6, 6.07) is 3.69. The minimum Gasteiger partial charge on any atom is -0.464 e. The predicted octanol–water partition coefficient (Wildman–Crippen LogP) is 2.26. The van der Waals surface area contributed by atoms with Crippen molar-refractivity contribution >= 4 is 5.97 Å². The predicted molar refractivity (Wildman–Crippen MR) is 73.4 cm³/mol.